The largest absolute Gasteiger partial charge is 0.465 e. The van der Waals surface area contributed by atoms with E-state index in [9.17, 15) is 9.90 Å². The van der Waals surface area contributed by atoms with Gasteiger partial charge in [0.1, 0.15) is 6.23 Å². The van der Waals surface area contributed by atoms with Gasteiger partial charge in [-0.2, -0.15) is 0 Å². The summed E-state index contributed by atoms with van der Waals surface area (Å²) in [6.07, 6.45) is -1.04. The van der Waals surface area contributed by atoms with Gasteiger partial charge in [-0.3, -0.25) is 4.90 Å². The Morgan fingerprint density at radius 3 is 2.56 bits per heavy atom. The zero-order valence-electron chi connectivity index (χ0n) is 10.5. The zero-order valence-corrected chi connectivity index (χ0v) is 12.7. The Hall–Kier alpha value is -0.820. The van der Waals surface area contributed by atoms with Crippen LogP contribution in [0.5, 0.6) is 0 Å². The summed E-state index contributed by atoms with van der Waals surface area (Å²) in [4.78, 5) is 12.3. The lowest BCUT2D eigenvalue weighted by molar-refractivity contribution is -0.00993. The highest BCUT2D eigenvalue weighted by molar-refractivity contribution is 14.1. The number of halogens is 1. The molecule has 0 aromatic heterocycles. The van der Waals surface area contributed by atoms with Crippen LogP contribution in [-0.4, -0.2) is 33.5 Å². The third-order valence-corrected chi connectivity index (χ3v) is 3.91. The summed E-state index contributed by atoms with van der Waals surface area (Å²) in [6.45, 7) is 3.58. The molecule has 0 aliphatic heterocycles. The minimum absolute atomic E-state index is 0.256. The van der Waals surface area contributed by atoms with Gasteiger partial charge in [-0.1, -0.05) is 25.1 Å². The second-order valence-electron chi connectivity index (χ2n) is 4.22. The molecule has 0 spiro atoms. The second kappa shape index (κ2) is 6.94. The van der Waals surface area contributed by atoms with Crippen molar-refractivity contribution in [1.82, 2.24) is 4.90 Å². The van der Waals surface area contributed by atoms with E-state index in [1.54, 1.807) is 6.92 Å². The molecule has 5 heteroatoms. The van der Waals surface area contributed by atoms with E-state index in [1.807, 2.05) is 31.2 Å². The SMILES string of the molecule is CC[C@H](O)N(C(=O)O)[C@@H](C)Cc1ccccc1I. The molecule has 0 saturated heterocycles. The maximum Gasteiger partial charge on any atom is 0.409 e. The van der Waals surface area contributed by atoms with Crippen LogP contribution in [0.4, 0.5) is 4.79 Å². The Kier molecular flexibility index (Phi) is 5.87. The van der Waals surface area contributed by atoms with Crippen molar-refractivity contribution < 1.29 is 15.0 Å². The fourth-order valence-electron chi connectivity index (χ4n) is 1.89. The molecule has 4 nitrogen and oxygen atoms in total. The quantitative estimate of drug-likeness (QED) is 0.625. The first-order valence-corrected chi connectivity index (χ1v) is 6.98. The lowest BCUT2D eigenvalue weighted by Crippen LogP contribution is -2.46. The van der Waals surface area contributed by atoms with Crippen LogP contribution in [-0.2, 0) is 6.42 Å². The van der Waals surface area contributed by atoms with E-state index in [0.717, 1.165) is 14.0 Å². The van der Waals surface area contributed by atoms with Gasteiger partial charge in [-0.25, -0.2) is 4.79 Å². The van der Waals surface area contributed by atoms with Gasteiger partial charge in [0.15, 0.2) is 0 Å². The van der Waals surface area contributed by atoms with Gasteiger partial charge >= 0.3 is 6.09 Å². The summed E-state index contributed by atoms with van der Waals surface area (Å²) in [6, 6.07) is 7.60. The van der Waals surface area contributed by atoms with Crippen molar-refractivity contribution in [2.24, 2.45) is 0 Å². The molecule has 1 aromatic rings. The van der Waals surface area contributed by atoms with Crippen molar-refractivity contribution in [1.29, 1.82) is 0 Å². The zero-order chi connectivity index (χ0) is 13.7. The second-order valence-corrected chi connectivity index (χ2v) is 5.39. The van der Waals surface area contributed by atoms with Gasteiger partial charge in [0.05, 0.1) is 0 Å². The van der Waals surface area contributed by atoms with Crippen molar-refractivity contribution in [2.45, 2.75) is 39.0 Å². The summed E-state index contributed by atoms with van der Waals surface area (Å²) < 4.78 is 1.11. The number of benzene rings is 1. The van der Waals surface area contributed by atoms with E-state index in [2.05, 4.69) is 22.6 Å². The summed E-state index contributed by atoms with van der Waals surface area (Å²) in [5, 5.41) is 18.9. The molecule has 100 valence electrons. The fraction of sp³-hybridized carbons (Fsp3) is 0.462. The first-order chi connectivity index (χ1) is 8.47. The molecule has 0 saturated carbocycles. The predicted octanol–water partition coefficient (Wildman–Crippen LogP) is 2.93. The highest BCUT2D eigenvalue weighted by Gasteiger charge is 2.25. The fourth-order valence-corrected chi connectivity index (χ4v) is 2.49. The maximum absolute atomic E-state index is 11.2. The number of aliphatic hydroxyl groups is 1. The van der Waals surface area contributed by atoms with Gasteiger partial charge < -0.3 is 10.2 Å². The molecule has 18 heavy (non-hydrogen) atoms. The van der Waals surface area contributed by atoms with Crippen LogP contribution in [0, 0.1) is 3.57 Å². The number of nitrogens with zero attached hydrogens (tertiary/aromatic N) is 1. The molecule has 2 atom stereocenters. The predicted molar refractivity (Wildman–Crippen MR) is 78.5 cm³/mol. The molecule has 0 aliphatic carbocycles. The Morgan fingerprint density at radius 2 is 2.06 bits per heavy atom. The summed E-state index contributed by atoms with van der Waals surface area (Å²) in [7, 11) is 0. The first kappa shape index (κ1) is 15.2. The molecule has 0 unspecified atom stereocenters. The van der Waals surface area contributed by atoms with Crippen LogP contribution in [0.1, 0.15) is 25.8 Å². The van der Waals surface area contributed by atoms with Crippen molar-refractivity contribution in [2.75, 3.05) is 0 Å². The average Bonchev–Trinajstić information content (AvgIpc) is 2.31. The molecule has 1 amide bonds. The summed E-state index contributed by atoms with van der Waals surface area (Å²) in [5.74, 6) is 0. The first-order valence-electron chi connectivity index (χ1n) is 5.90. The van der Waals surface area contributed by atoms with E-state index < -0.39 is 12.3 Å². The number of rotatable bonds is 5. The number of hydrogen-bond donors (Lipinski definition) is 2. The Bertz CT molecular complexity index is 411. The van der Waals surface area contributed by atoms with Gasteiger partial charge in [-0.05, 0) is 54.0 Å². The monoisotopic (exact) mass is 363 g/mol. The lowest BCUT2D eigenvalue weighted by atomic mass is 10.1. The van der Waals surface area contributed by atoms with Crippen molar-refractivity contribution in [3.8, 4) is 0 Å². The highest BCUT2D eigenvalue weighted by atomic mass is 127. The van der Waals surface area contributed by atoms with E-state index in [1.165, 1.54) is 0 Å². The minimum Gasteiger partial charge on any atom is -0.465 e. The summed E-state index contributed by atoms with van der Waals surface area (Å²) in [5.41, 5.74) is 1.10. The standard InChI is InChI=1S/C13H18INO3/c1-3-12(16)15(13(17)18)9(2)8-10-6-4-5-7-11(10)14/h4-7,9,12,16H,3,8H2,1-2H3,(H,17,18)/t9-,12-/m0/s1. The van der Waals surface area contributed by atoms with Crippen LogP contribution >= 0.6 is 22.6 Å². The van der Waals surface area contributed by atoms with Gasteiger partial charge in [-0.15, -0.1) is 0 Å². The van der Waals surface area contributed by atoms with E-state index in [4.69, 9.17) is 5.11 Å². The third kappa shape index (κ3) is 3.84. The Balaban J connectivity index is 2.82. The molecule has 2 N–H and O–H groups in total. The molecule has 1 aromatic carbocycles. The molecule has 1 rings (SSSR count). The number of carbonyl (C=O) groups is 1. The Morgan fingerprint density at radius 1 is 1.44 bits per heavy atom. The molecule has 0 bridgehead atoms. The van der Waals surface area contributed by atoms with E-state index in [0.29, 0.717) is 12.8 Å². The topological polar surface area (TPSA) is 60.8 Å². The normalized spacial score (nSPS) is 14.0. The van der Waals surface area contributed by atoms with E-state index in [-0.39, 0.29) is 6.04 Å². The van der Waals surface area contributed by atoms with Crippen LogP contribution in [0.2, 0.25) is 0 Å². The molecular formula is C13H18INO3. The number of hydrogen-bond acceptors (Lipinski definition) is 2. The van der Waals surface area contributed by atoms with Gasteiger partial charge in [0.25, 0.3) is 0 Å². The van der Waals surface area contributed by atoms with Crippen LogP contribution in [0.25, 0.3) is 0 Å². The molecular weight excluding hydrogens is 345 g/mol. The van der Waals surface area contributed by atoms with E-state index >= 15 is 0 Å². The molecule has 0 aliphatic rings. The third-order valence-electron chi connectivity index (χ3n) is 2.86. The van der Waals surface area contributed by atoms with Gasteiger partial charge in [0.2, 0.25) is 0 Å². The van der Waals surface area contributed by atoms with Crippen LogP contribution in [0.3, 0.4) is 0 Å². The molecule has 0 fully saturated rings. The smallest absolute Gasteiger partial charge is 0.409 e. The van der Waals surface area contributed by atoms with Gasteiger partial charge in [0, 0.05) is 9.61 Å². The van der Waals surface area contributed by atoms with Crippen molar-refractivity contribution >= 4 is 28.7 Å². The van der Waals surface area contributed by atoms with Crippen LogP contribution < -0.4 is 0 Å². The Labute approximate surface area is 121 Å². The lowest BCUT2D eigenvalue weighted by Gasteiger charge is -2.30. The van der Waals surface area contributed by atoms with Crippen LogP contribution in [0.15, 0.2) is 24.3 Å². The average molecular weight is 363 g/mol. The molecule has 0 heterocycles. The molecule has 0 radical (unpaired) electrons. The van der Waals surface area contributed by atoms with Crippen molar-refractivity contribution in [3.05, 3.63) is 33.4 Å². The minimum atomic E-state index is -1.08. The maximum atomic E-state index is 11.2. The number of amides is 1. The number of carboxylic acid groups (broad SMARTS) is 1. The van der Waals surface area contributed by atoms with Crippen molar-refractivity contribution in [3.63, 3.8) is 0 Å². The number of aliphatic hydroxyl groups excluding tert-OH is 1. The summed E-state index contributed by atoms with van der Waals surface area (Å²) >= 11 is 2.23. The highest BCUT2D eigenvalue weighted by Crippen LogP contribution is 2.17.